The van der Waals surface area contributed by atoms with Gasteiger partial charge in [-0.3, -0.25) is 0 Å². The smallest absolute Gasteiger partial charge is 0.0848 e. The second-order valence-electron chi connectivity index (χ2n) is 8.29. The van der Waals surface area contributed by atoms with Crippen LogP contribution in [0.3, 0.4) is 0 Å². The van der Waals surface area contributed by atoms with Crippen molar-refractivity contribution in [2.24, 2.45) is 17.8 Å². The van der Waals surface area contributed by atoms with Crippen LogP contribution in [0.2, 0.25) is 11.6 Å². The quantitative estimate of drug-likeness (QED) is 0.526. The van der Waals surface area contributed by atoms with Crippen LogP contribution in [0.5, 0.6) is 0 Å². The Morgan fingerprint density at radius 3 is 1.85 bits per heavy atom. The van der Waals surface area contributed by atoms with E-state index in [2.05, 4.69) is 21.8 Å². The van der Waals surface area contributed by atoms with Gasteiger partial charge in [0, 0.05) is 0 Å². The summed E-state index contributed by atoms with van der Waals surface area (Å²) in [6.45, 7) is 0. The summed E-state index contributed by atoms with van der Waals surface area (Å²) in [6, 6.07) is 0. The van der Waals surface area contributed by atoms with Crippen molar-refractivity contribution in [1.82, 2.24) is 0 Å². The molecule has 3 rings (SSSR count). The van der Waals surface area contributed by atoms with E-state index in [0.29, 0.717) is 0 Å². The van der Waals surface area contributed by atoms with E-state index in [4.69, 9.17) is 0 Å². The fraction of sp³-hybridized carbons (Fsp3) is 0.889. The van der Waals surface area contributed by atoms with Gasteiger partial charge in [-0.15, -0.1) is 0 Å². The van der Waals surface area contributed by atoms with E-state index in [0.717, 1.165) is 29.4 Å². The molecule has 110 valence electrons. The molecule has 0 bridgehead atoms. The Morgan fingerprint density at radius 1 is 0.700 bits per heavy atom. The molecule has 0 aromatic carbocycles. The lowest BCUT2D eigenvalue weighted by Gasteiger charge is -2.37. The van der Waals surface area contributed by atoms with Gasteiger partial charge >= 0.3 is 0 Å². The summed E-state index contributed by atoms with van der Waals surface area (Å²) < 4.78 is 0. The zero-order valence-electron chi connectivity index (χ0n) is 13.7. The van der Waals surface area contributed by atoms with Gasteiger partial charge in [0.05, 0.1) is 0 Å². The first-order valence-corrected chi connectivity index (χ1v) is 9.41. The van der Waals surface area contributed by atoms with Crippen molar-refractivity contribution in [1.29, 1.82) is 0 Å². The van der Waals surface area contributed by atoms with Gasteiger partial charge in [0.1, 0.15) is 15.7 Å². The fourth-order valence-corrected chi connectivity index (χ4v) is 5.06. The van der Waals surface area contributed by atoms with Crippen molar-refractivity contribution in [2.45, 2.75) is 82.3 Å². The molecule has 0 amide bonds. The van der Waals surface area contributed by atoms with Crippen molar-refractivity contribution in [2.75, 3.05) is 0 Å². The highest BCUT2D eigenvalue weighted by molar-refractivity contribution is 6.11. The minimum atomic E-state index is 0.971. The van der Waals surface area contributed by atoms with E-state index in [-0.39, 0.29) is 0 Å². The third-order valence-corrected chi connectivity index (χ3v) is 6.75. The molecular formula is C18H32B2. The Labute approximate surface area is 128 Å². The average Bonchev–Trinajstić information content (AvgIpc) is 2.49. The maximum absolute atomic E-state index is 2.69. The van der Waals surface area contributed by atoms with Crippen molar-refractivity contribution in [3.63, 3.8) is 0 Å². The van der Waals surface area contributed by atoms with Gasteiger partial charge in [0.25, 0.3) is 0 Å². The standard InChI is InChI=1S/C18H32B2/c19-17-9-5-15(6-10-17)13-1-2-14(4-3-13)16-7-11-18(20)12-8-16/h1,14-18H,2-12,19-20H2. The Hall–Kier alpha value is -0.130. The molecule has 0 N–H and O–H groups in total. The van der Waals surface area contributed by atoms with E-state index in [1.165, 1.54) is 70.6 Å². The molecular weight excluding hydrogens is 238 g/mol. The first-order chi connectivity index (χ1) is 9.72. The van der Waals surface area contributed by atoms with Crippen LogP contribution < -0.4 is 0 Å². The number of allylic oxidation sites excluding steroid dienone is 2. The molecule has 2 heteroatoms. The lowest BCUT2D eigenvalue weighted by Crippen LogP contribution is -2.23. The molecule has 20 heavy (non-hydrogen) atoms. The van der Waals surface area contributed by atoms with Gasteiger partial charge in [0.2, 0.25) is 0 Å². The van der Waals surface area contributed by atoms with Crippen LogP contribution in [-0.2, 0) is 0 Å². The predicted molar refractivity (Wildman–Crippen MR) is 93.9 cm³/mol. The molecule has 3 aliphatic rings. The van der Waals surface area contributed by atoms with Gasteiger partial charge in [-0.2, -0.15) is 0 Å². The summed E-state index contributed by atoms with van der Waals surface area (Å²) >= 11 is 0. The van der Waals surface area contributed by atoms with Gasteiger partial charge in [-0.05, 0) is 49.9 Å². The third-order valence-electron chi connectivity index (χ3n) is 6.75. The summed E-state index contributed by atoms with van der Waals surface area (Å²) in [5, 5.41) is 0. The minimum Gasteiger partial charge on any atom is -0.0848 e. The van der Waals surface area contributed by atoms with Gasteiger partial charge in [0.15, 0.2) is 0 Å². The fourth-order valence-electron chi connectivity index (χ4n) is 5.06. The average molecular weight is 270 g/mol. The highest BCUT2D eigenvalue weighted by Gasteiger charge is 2.29. The minimum absolute atomic E-state index is 0.971. The van der Waals surface area contributed by atoms with Crippen LogP contribution in [0.4, 0.5) is 0 Å². The molecule has 2 fully saturated rings. The van der Waals surface area contributed by atoms with Crippen LogP contribution in [0.1, 0.15) is 70.6 Å². The van der Waals surface area contributed by atoms with Crippen molar-refractivity contribution in [3.8, 4) is 0 Å². The molecule has 0 aliphatic heterocycles. The number of hydrogen-bond donors (Lipinski definition) is 0. The Balaban J connectivity index is 1.50. The molecule has 0 spiro atoms. The van der Waals surface area contributed by atoms with E-state index in [1.807, 2.05) is 5.57 Å². The first-order valence-electron chi connectivity index (χ1n) is 9.41. The van der Waals surface area contributed by atoms with E-state index in [1.54, 1.807) is 0 Å². The molecule has 0 aromatic heterocycles. The summed E-state index contributed by atoms with van der Waals surface area (Å²) in [4.78, 5) is 0. The van der Waals surface area contributed by atoms with Gasteiger partial charge in [-0.25, -0.2) is 0 Å². The maximum Gasteiger partial charge on any atom is 0.105 e. The molecule has 2 saturated carbocycles. The summed E-state index contributed by atoms with van der Waals surface area (Å²) in [5.74, 6) is 5.07. The van der Waals surface area contributed by atoms with Gasteiger partial charge < -0.3 is 0 Å². The van der Waals surface area contributed by atoms with Crippen molar-refractivity contribution < 1.29 is 0 Å². The third kappa shape index (κ3) is 3.55. The normalized spacial score (nSPS) is 43.0. The predicted octanol–water partition coefficient (Wildman–Crippen LogP) is 3.94. The van der Waals surface area contributed by atoms with Crippen LogP contribution in [0.15, 0.2) is 11.6 Å². The summed E-state index contributed by atoms with van der Waals surface area (Å²) in [7, 11) is 4.88. The number of rotatable bonds is 2. The molecule has 0 saturated heterocycles. The van der Waals surface area contributed by atoms with E-state index in [9.17, 15) is 0 Å². The Bertz CT molecular complexity index is 333. The van der Waals surface area contributed by atoms with Crippen molar-refractivity contribution >= 4 is 15.7 Å². The van der Waals surface area contributed by atoms with E-state index < -0.39 is 0 Å². The topological polar surface area (TPSA) is 0 Å². The molecule has 0 heterocycles. The largest absolute Gasteiger partial charge is 0.105 e. The number of hydrogen-bond acceptors (Lipinski definition) is 0. The van der Waals surface area contributed by atoms with E-state index >= 15 is 0 Å². The molecule has 1 atom stereocenters. The van der Waals surface area contributed by atoms with Crippen LogP contribution in [0, 0.1) is 17.8 Å². The molecule has 3 aliphatic carbocycles. The second kappa shape index (κ2) is 6.75. The first kappa shape index (κ1) is 14.8. The van der Waals surface area contributed by atoms with Gasteiger partial charge in [-0.1, -0.05) is 61.8 Å². The Kier molecular flexibility index (Phi) is 5.00. The summed E-state index contributed by atoms with van der Waals surface area (Å²) in [6.07, 6.45) is 19.0. The molecule has 0 nitrogen and oxygen atoms in total. The molecule has 1 unspecified atom stereocenters. The molecule has 0 radical (unpaired) electrons. The maximum atomic E-state index is 2.69. The van der Waals surface area contributed by atoms with Crippen molar-refractivity contribution in [3.05, 3.63) is 11.6 Å². The van der Waals surface area contributed by atoms with Crippen LogP contribution >= 0.6 is 0 Å². The highest BCUT2D eigenvalue weighted by atomic mass is 14.3. The zero-order chi connectivity index (χ0) is 13.9. The SMILES string of the molecule is BC1CCC(C2=CCC(C3CCC(B)CC3)CC2)CC1. The highest BCUT2D eigenvalue weighted by Crippen LogP contribution is 2.43. The molecule has 0 aromatic rings. The van der Waals surface area contributed by atoms with Crippen LogP contribution in [0.25, 0.3) is 0 Å². The monoisotopic (exact) mass is 270 g/mol. The lowest BCUT2D eigenvalue weighted by molar-refractivity contribution is 0.227. The van der Waals surface area contributed by atoms with Crippen LogP contribution in [-0.4, -0.2) is 15.7 Å². The zero-order valence-corrected chi connectivity index (χ0v) is 13.7. The Morgan fingerprint density at radius 2 is 1.30 bits per heavy atom. The second-order valence-corrected chi connectivity index (χ2v) is 8.29. The summed E-state index contributed by atoms with van der Waals surface area (Å²) in [5.41, 5.74) is 1.86. The lowest BCUT2D eigenvalue weighted by atomic mass is 9.65.